The maximum atomic E-state index is 11.3. The lowest BCUT2D eigenvalue weighted by Crippen LogP contribution is -2.34. The molecule has 1 fully saturated rings. The van der Waals surface area contributed by atoms with Crippen LogP contribution in [0.15, 0.2) is 12.1 Å². The standard InChI is InChI=1S/C11H18N4O/c1-9-3-4-10(2)15(9)13-6-8-14-7-5-12-11(14)16/h3-4,13H,5-8H2,1-2H3,(H,12,16). The summed E-state index contributed by atoms with van der Waals surface area (Å²) in [4.78, 5) is 13.1. The third-order valence-electron chi connectivity index (χ3n) is 2.87. The first-order chi connectivity index (χ1) is 7.68. The van der Waals surface area contributed by atoms with Gasteiger partial charge in [0.05, 0.1) is 0 Å². The number of amides is 2. The third kappa shape index (κ3) is 2.13. The Morgan fingerprint density at radius 2 is 2.06 bits per heavy atom. The van der Waals surface area contributed by atoms with E-state index >= 15 is 0 Å². The minimum absolute atomic E-state index is 0.0442. The molecular formula is C11H18N4O. The molecule has 5 heteroatoms. The Morgan fingerprint density at radius 3 is 2.62 bits per heavy atom. The number of nitrogens with one attached hydrogen (secondary N) is 2. The highest BCUT2D eigenvalue weighted by Gasteiger charge is 2.18. The highest BCUT2D eigenvalue weighted by atomic mass is 16.2. The molecule has 88 valence electrons. The van der Waals surface area contributed by atoms with Gasteiger partial charge in [0, 0.05) is 37.6 Å². The molecule has 2 N–H and O–H groups in total. The van der Waals surface area contributed by atoms with Crippen LogP contribution in [0.2, 0.25) is 0 Å². The second kappa shape index (κ2) is 4.47. The molecular weight excluding hydrogens is 204 g/mol. The lowest BCUT2D eigenvalue weighted by atomic mass is 10.5. The summed E-state index contributed by atoms with van der Waals surface area (Å²) in [5.74, 6) is 0. The van der Waals surface area contributed by atoms with Crippen LogP contribution < -0.4 is 10.7 Å². The largest absolute Gasteiger partial charge is 0.336 e. The first-order valence-electron chi connectivity index (χ1n) is 5.60. The van der Waals surface area contributed by atoms with E-state index in [0.717, 1.165) is 26.2 Å². The number of carbonyl (C=O) groups excluding carboxylic acids is 1. The quantitative estimate of drug-likeness (QED) is 0.787. The summed E-state index contributed by atoms with van der Waals surface area (Å²) in [6.45, 7) is 7.20. The fourth-order valence-electron chi connectivity index (χ4n) is 1.94. The van der Waals surface area contributed by atoms with Crippen LogP contribution in [0.25, 0.3) is 0 Å². The van der Waals surface area contributed by atoms with Crippen molar-refractivity contribution in [2.75, 3.05) is 31.6 Å². The maximum absolute atomic E-state index is 11.3. The first-order valence-corrected chi connectivity index (χ1v) is 5.60. The average Bonchev–Trinajstić information content (AvgIpc) is 2.79. The molecule has 2 rings (SSSR count). The molecule has 1 aromatic rings. The van der Waals surface area contributed by atoms with Crippen LogP contribution in [0.1, 0.15) is 11.4 Å². The molecule has 0 aromatic carbocycles. The first kappa shape index (κ1) is 10.9. The molecule has 0 aliphatic carbocycles. The SMILES string of the molecule is Cc1ccc(C)n1NCCN1CCNC1=O. The molecule has 2 amide bonds. The lowest BCUT2D eigenvalue weighted by molar-refractivity contribution is 0.219. The number of aromatic nitrogens is 1. The lowest BCUT2D eigenvalue weighted by Gasteiger charge is -2.17. The Morgan fingerprint density at radius 1 is 1.38 bits per heavy atom. The predicted molar refractivity (Wildman–Crippen MR) is 63.1 cm³/mol. The van der Waals surface area contributed by atoms with Crippen molar-refractivity contribution in [3.8, 4) is 0 Å². The Hall–Kier alpha value is -1.65. The Bertz CT molecular complexity index is 366. The van der Waals surface area contributed by atoms with Crippen LogP contribution in [-0.4, -0.2) is 41.8 Å². The number of hydrogen-bond donors (Lipinski definition) is 2. The van der Waals surface area contributed by atoms with Gasteiger partial charge in [-0.1, -0.05) is 0 Å². The van der Waals surface area contributed by atoms with Crippen LogP contribution in [0.3, 0.4) is 0 Å². The van der Waals surface area contributed by atoms with Crippen molar-refractivity contribution < 1.29 is 4.79 Å². The number of carbonyl (C=O) groups is 1. The molecule has 0 radical (unpaired) electrons. The number of aryl methyl sites for hydroxylation is 2. The second-order valence-electron chi connectivity index (χ2n) is 4.08. The smallest absolute Gasteiger partial charge is 0.317 e. The van der Waals surface area contributed by atoms with E-state index in [1.54, 1.807) is 0 Å². The van der Waals surface area contributed by atoms with Crippen molar-refractivity contribution >= 4 is 6.03 Å². The van der Waals surface area contributed by atoms with Crippen molar-refractivity contribution in [1.29, 1.82) is 0 Å². The molecule has 2 heterocycles. The minimum Gasteiger partial charge on any atom is -0.336 e. The van der Waals surface area contributed by atoms with E-state index in [4.69, 9.17) is 0 Å². The molecule has 0 bridgehead atoms. The van der Waals surface area contributed by atoms with Gasteiger partial charge in [-0.05, 0) is 26.0 Å². The summed E-state index contributed by atoms with van der Waals surface area (Å²) in [6, 6.07) is 4.19. The number of urea groups is 1. The zero-order chi connectivity index (χ0) is 11.5. The molecule has 5 nitrogen and oxygen atoms in total. The van der Waals surface area contributed by atoms with Gasteiger partial charge in [0.2, 0.25) is 0 Å². The van der Waals surface area contributed by atoms with Crippen LogP contribution in [0.4, 0.5) is 4.79 Å². The van der Waals surface area contributed by atoms with Crippen molar-refractivity contribution in [2.24, 2.45) is 0 Å². The summed E-state index contributed by atoms with van der Waals surface area (Å²) in [7, 11) is 0. The molecule has 1 aliphatic heterocycles. The summed E-state index contributed by atoms with van der Waals surface area (Å²) in [5.41, 5.74) is 5.67. The summed E-state index contributed by atoms with van der Waals surface area (Å²) < 4.78 is 2.05. The van der Waals surface area contributed by atoms with Crippen LogP contribution in [-0.2, 0) is 0 Å². The van der Waals surface area contributed by atoms with Gasteiger partial charge in [0.25, 0.3) is 0 Å². The van der Waals surface area contributed by atoms with Gasteiger partial charge in [-0.25, -0.2) is 4.79 Å². The highest BCUT2D eigenvalue weighted by Crippen LogP contribution is 2.03. The second-order valence-corrected chi connectivity index (χ2v) is 4.08. The molecule has 1 saturated heterocycles. The Labute approximate surface area is 95.4 Å². The van der Waals surface area contributed by atoms with Gasteiger partial charge < -0.3 is 15.6 Å². The van der Waals surface area contributed by atoms with Crippen LogP contribution >= 0.6 is 0 Å². The zero-order valence-corrected chi connectivity index (χ0v) is 9.79. The van der Waals surface area contributed by atoms with E-state index in [-0.39, 0.29) is 6.03 Å². The molecule has 0 unspecified atom stereocenters. The van der Waals surface area contributed by atoms with E-state index in [0.29, 0.717) is 0 Å². The summed E-state index contributed by atoms with van der Waals surface area (Å²) >= 11 is 0. The topological polar surface area (TPSA) is 49.3 Å². The van der Waals surface area contributed by atoms with Crippen molar-refractivity contribution in [3.05, 3.63) is 23.5 Å². The number of hydrogen-bond acceptors (Lipinski definition) is 2. The summed E-state index contributed by atoms with van der Waals surface area (Å²) in [6.07, 6.45) is 0. The van der Waals surface area contributed by atoms with E-state index in [1.807, 2.05) is 9.58 Å². The molecule has 16 heavy (non-hydrogen) atoms. The van der Waals surface area contributed by atoms with Crippen molar-refractivity contribution in [2.45, 2.75) is 13.8 Å². The molecule has 0 saturated carbocycles. The fraction of sp³-hybridized carbons (Fsp3) is 0.545. The van der Waals surface area contributed by atoms with Gasteiger partial charge in [0.15, 0.2) is 0 Å². The van der Waals surface area contributed by atoms with Gasteiger partial charge >= 0.3 is 6.03 Å². The van der Waals surface area contributed by atoms with Gasteiger partial charge in [-0.2, -0.15) is 0 Å². The number of nitrogens with zero attached hydrogens (tertiary/aromatic N) is 2. The summed E-state index contributed by atoms with van der Waals surface area (Å²) in [5, 5.41) is 2.79. The maximum Gasteiger partial charge on any atom is 0.317 e. The Kier molecular flexibility index (Phi) is 3.03. The third-order valence-corrected chi connectivity index (χ3v) is 2.87. The zero-order valence-electron chi connectivity index (χ0n) is 9.79. The van der Waals surface area contributed by atoms with E-state index in [2.05, 4.69) is 36.7 Å². The molecule has 1 aliphatic rings. The van der Waals surface area contributed by atoms with Crippen molar-refractivity contribution in [3.63, 3.8) is 0 Å². The molecule has 0 spiro atoms. The molecule has 1 aromatic heterocycles. The van der Waals surface area contributed by atoms with Crippen LogP contribution in [0, 0.1) is 13.8 Å². The fourth-order valence-corrected chi connectivity index (χ4v) is 1.94. The highest BCUT2D eigenvalue weighted by molar-refractivity contribution is 5.76. The van der Waals surface area contributed by atoms with E-state index < -0.39 is 0 Å². The van der Waals surface area contributed by atoms with Gasteiger partial charge in [-0.15, -0.1) is 0 Å². The molecule has 0 atom stereocenters. The predicted octanol–water partition coefficient (Wildman–Crippen LogP) is 0.674. The normalized spacial score (nSPS) is 15.4. The average molecular weight is 222 g/mol. The Balaban J connectivity index is 1.82. The van der Waals surface area contributed by atoms with Gasteiger partial charge in [-0.3, -0.25) is 4.68 Å². The van der Waals surface area contributed by atoms with Crippen LogP contribution in [0.5, 0.6) is 0 Å². The van der Waals surface area contributed by atoms with Crippen molar-refractivity contribution in [1.82, 2.24) is 14.9 Å². The van der Waals surface area contributed by atoms with Gasteiger partial charge in [0.1, 0.15) is 0 Å². The minimum atomic E-state index is 0.0442. The monoisotopic (exact) mass is 222 g/mol. The van der Waals surface area contributed by atoms with E-state index in [9.17, 15) is 4.79 Å². The van der Waals surface area contributed by atoms with E-state index in [1.165, 1.54) is 11.4 Å². The number of rotatable bonds is 4.